The van der Waals surface area contributed by atoms with Gasteiger partial charge in [0.1, 0.15) is 0 Å². The van der Waals surface area contributed by atoms with Crippen LogP contribution >= 0.6 is 0 Å². The fourth-order valence-electron chi connectivity index (χ4n) is 3.51. The second-order valence-electron chi connectivity index (χ2n) is 7.71. The predicted octanol–water partition coefficient (Wildman–Crippen LogP) is 4.83. The maximum atomic E-state index is 13.3. The lowest BCUT2D eigenvalue weighted by molar-refractivity contribution is -0.139. The number of nitrogens with zero attached hydrogens (tertiary/aromatic N) is 3. The number of alkyl halides is 3. The molecule has 4 rings (SSSR count). The largest absolute Gasteiger partial charge is 0.490 e. The van der Waals surface area contributed by atoms with Gasteiger partial charge in [-0.3, -0.25) is 4.79 Å². The monoisotopic (exact) mass is 511 g/mol. The summed E-state index contributed by atoms with van der Waals surface area (Å²) in [6.45, 7) is 1.45. The topological polar surface area (TPSA) is 103 Å². The first kappa shape index (κ1) is 25.4. The summed E-state index contributed by atoms with van der Waals surface area (Å²) in [7, 11) is 0. The highest BCUT2D eigenvalue weighted by Crippen LogP contribution is 2.32. The van der Waals surface area contributed by atoms with Crippen molar-refractivity contribution in [1.29, 1.82) is 0 Å². The van der Waals surface area contributed by atoms with Crippen LogP contribution in [0.25, 0.3) is 22.3 Å². The zero-order chi connectivity index (χ0) is 26.6. The summed E-state index contributed by atoms with van der Waals surface area (Å²) >= 11 is 0. The van der Waals surface area contributed by atoms with Crippen LogP contribution in [-0.4, -0.2) is 40.2 Å². The molecule has 4 aromatic rings. The highest BCUT2D eigenvalue weighted by molar-refractivity contribution is 5.83. The van der Waals surface area contributed by atoms with Gasteiger partial charge in [-0.1, -0.05) is 24.3 Å². The van der Waals surface area contributed by atoms with Crippen molar-refractivity contribution in [1.82, 2.24) is 9.66 Å². The van der Waals surface area contributed by atoms with E-state index in [9.17, 15) is 22.8 Å². The van der Waals surface area contributed by atoms with E-state index in [2.05, 4.69) is 10.1 Å². The van der Waals surface area contributed by atoms with Gasteiger partial charge in [0.25, 0.3) is 5.56 Å². The average molecular weight is 511 g/mol. The Kier molecular flexibility index (Phi) is 7.23. The molecular weight excluding hydrogens is 491 g/mol. The van der Waals surface area contributed by atoms with Crippen LogP contribution in [0.2, 0.25) is 0 Å². The molecule has 0 aliphatic rings. The van der Waals surface area contributed by atoms with Crippen molar-refractivity contribution in [3.8, 4) is 22.9 Å². The van der Waals surface area contributed by atoms with Crippen molar-refractivity contribution in [2.75, 3.05) is 13.2 Å². The van der Waals surface area contributed by atoms with Crippen LogP contribution in [0.1, 0.15) is 18.1 Å². The number of carbonyl (C=O) groups is 1. The summed E-state index contributed by atoms with van der Waals surface area (Å²) in [4.78, 5) is 28.5. The molecule has 0 amide bonds. The Morgan fingerprint density at radius 2 is 1.84 bits per heavy atom. The molecule has 8 nitrogen and oxygen atoms in total. The number of benzene rings is 3. The Balaban J connectivity index is 1.82. The highest BCUT2D eigenvalue weighted by atomic mass is 19.4. The van der Waals surface area contributed by atoms with Crippen molar-refractivity contribution in [3.63, 3.8) is 0 Å². The highest BCUT2D eigenvalue weighted by Gasteiger charge is 2.31. The first-order valence-electron chi connectivity index (χ1n) is 11.0. The Labute approximate surface area is 208 Å². The number of aromatic nitrogens is 2. The van der Waals surface area contributed by atoms with E-state index in [4.69, 9.17) is 14.6 Å². The normalized spacial score (nSPS) is 11.7. The maximum absolute atomic E-state index is 13.3. The first-order chi connectivity index (χ1) is 17.7. The van der Waals surface area contributed by atoms with Crippen molar-refractivity contribution in [3.05, 3.63) is 88.2 Å². The van der Waals surface area contributed by atoms with Crippen LogP contribution < -0.4 is 15.0 Å². The predicted molar refractivity (Wildman–Crippen MR) is 130 cm³/mol. The molecule has 11 heteroatoms. The second-order valence-corrected chi connectivity index (χ2v) is 7.71. The van der Waals surface area contributed by atoms with E-state index in [1.807, 2.05) is 0 Å². The van der Waals surface area contributed by atoms with Crippen LogP contribution in [0.15, 0.2) is 76.6 Å². The number of hydrogen-bond acceptors (Lipinski definition) is 6. The third-order valence-electron chi connectivity index (χ3n) is 5.14. The Bertz CT molecular complexity index is 1550. The van der Waals surface area contributed by atoms with Gasteiger partial charge in [0, 0.05) is 5.56 Å². The number of aliphatic carboxylic acids is 1. The third-order valence-corrected chi connectivity index (χ3v) is 5.14. The SMILES string of the molecule is CCOc1cc(C=Nn2c(-c3cccc(C(F)(F)F)c3)nc3ccccc3c2=O)ccc1OCC(=O)O. The number of carboxylic acid groups (broad SMARTS) is 1. The van der Waals surface area contributed by atoms with Gasteiger partial charge in [0.15, 0.2) is 23.9 Å². The van der Waals surface area contributed by atoms with Gasteiger partial charge in [-0.2, -0.15) is 22.9 Å². The molecule has 37 heavy (non-hydrogen) atoms. The van der Waals surface area contributed by atoms with Gasteiger partial charge in [-0.05, 0) is 55.0 Å². The summed E-state index contributed by atoms with van der Waals surface area (Å²) in [5.41, 5.74) is -0.629. The summed E-state index contributed by atoms with van der Waals surface area (Å²) in [6, 6.07) is 15.5. The molecule has 0 saturated carbocycles. The molecule has 3 aromatic carbocycles. The van der Waals surface area contributed by atoms with E-state index in [1.165, 1.54) is 30.5 Å². The van der Waals surface area contributed by atoms with E-state index in [0.29, 0.717) is 11.1 Å². The molecule has 0 aliphatic carbocycles. The number of para-hydroxylation sites is 1. The summed E-state index contributed by atoms with van der Waals surface area (Å²) in [5.74, 6) is -0.763. The minimum atomic E-state index is -4.58. The van der Waals surface area contributed by atoms with Gasteiger partial charge >= 0.3 is 12.1 Å². The van der Waals surface area contributed by atoms with Crippen molar-refractivity contribution in [2.24, 2.45) is 5.10 Å². The number of fused-ring (bicyclic) bond motifs is 1. The van der Waals surface area contributed by atoms with E-state index < -0.39 is 29.9 Å². The molecule has 0 unspecified atom stereocenters. The van der Waals surface area contributed by atoms with E-state index in [0.717, 1.165) is 16.8 Å². The Morgan fingerprint density at radius 3 is 2.57 bits per heavy atom. The van der Waals surface area contributed by atoms with Gasteiger partial charge in [-0.15, -0.1) is 0 Å². The standard InChI is InChI=1S/C26H20F3N3O5/c1-2-36-22-12-16(10-11-21(22)37-15-23(33)34)14-30-32-24(17-6-5-7-18(13-17)26(27,28)29)31-20-9-4-3-8-19(20)25(32)35/h3-14H,2,15H2,1H3,(H,33,34). The minimum absolute atomic E-state index is 0.0576. The molecule has 0 bridgehead atoms. The molecular formula is C26H20F3N3O5. The smallest absolute Gasteiger partial charge is 0.416 e. The van der Waals surface area contributed by atoms with Crippen molar-refractivity contribution in [2.45, 2.75) is 13.1 Å². The maximum Gasteiger partial charge on any atom is 0.416 e. The average Bonchev–Trinajstić information content (AvgIpc) is 2.87. The fourth-order valence-corrected chi connectivity index (χ4v) is 3.51. The molecule has 1 aromatic heterocycles. The fraction of sp³-hybridized carbons (Fsp3) is 0.154. The Hall–Kier alpha value is -4.67. The van der Waals surface area contributed by atoms with Crippen molar-refractivity contribution >= 4 is 23.1 Å². The van der Waals surface area contributed by atoms with Crippen LogP contribution in [0.5, 0.6) is 11.5 Å². The minimum Gasteiger partial charge on any atom is -0.490 e. The van der Waals surface area contributed by atoms with Crippen molar-refractivity contribution < 1.29 is 32.5 Å². The number of halogens is 3. The molecule has 0 aliphatic heterocycles. The molecule has 190 valence electrons. The van der Waals surface area contributed by atoms with E-state index in [1.54, 1.807) is 37.3 Å². The lowest BCUT2D eigenvalue weighted by Gasteiger charge is -2.12. The van der Waals surface area contributed by atoms with Gasteiger partial charge in [0.05, 0.1) is 29.3 Å². The molecule has 0 atom stereocenters. The summed E-state index contributed by atoms with van der Waals surface area (Å²) < 4.78 is 51.7. The van der Waals surface area contributed by atoms with Gasteiger partial charge < -0.3 is 14.6 Å². The molecule has 0 spiro atoms. The van der Waals surface area contributed by atoms with Crippen LogP contribution in [0.3, 0.4) is 0 Å². The van der Waals surface area contributed by atoms with E-state index >= 15 is 0 Å². The summed E-state index contributed by atoms with van der Waals surface area (Å²) in [6.07, 6.45) is -3.26. The zero-order valence-corrected chi connectivity index (χ0v) is 19.4. The number of hydrogen-bond donors (Lipinski definition) is 1. The molecule has 0 saturated heterocycles. The number of carboxylic acids is 1. The lowest BCUT2D eigenvalue weighted by Crippen LogP contribution is -2.20. The van der Waals surface area contributed by atoms with E-state index in [-0.39, 0.29) is 34.9 Å². The molecule has 0 radical (unpaired) electrons. The first-order valence-corrected chi connectivity index (χ1v) is 11.0. The van der Waals surface area contributed by atoms with Crippen LogP contribution in [0, 0.1) is 0 Å². The lowest BCUT2D eigenvalue weighted by atomic mass is 10.1. The zero-order valence-electron chi connectivity index (χ0n) is 19.4. The summed E-state index contributed by atoms with van der Waals surface area (Å²) in [5, 5.41) is 13.3. The van der Waals surface area contributed by atoms with Crippen LogP contribution in [-0.2, 0) is 11.0 Å². The number of rotatable bonds is 8. The second kappa shape index (κ2) is 10.5. The Morgan fingerprint density at radius 1 is 1.05 bits per heavy atom. The molecule has 0 fully saturated rings. The van der Waals surface area contributed by atoms with Gasteiger partial charge in [-0.25, -0.2) is 9.78 Å². The third kappa shape index (κ3) is 5.77. The van der Waals surface area contributed by atoms with Gasteiger partial charge in [0.2, 0.25) is 0 Å². The molecule has 1 N–H and O–H groups in total. The number of ether oxygens (including phenoxy) is 2. The molecule has 1 heterocycles. The quantitative estimate of drug-likeness (QED) is 0.340. The van der Waals surface area contributed by atoms with Crippen LogP contribution in [0.4, 0.5) is 13.2 Å².